The van der Waals surface area contributed by atoms with Gasteiger partial charge >= 0.3 is 0 Å². The maximum Gasteiger partial charge on any atom is 0.0589 e. The van der Waals surface area contributed by atoms with Crippen LogP contribution in [0.15, 0.2) is 0 Å². The van der Waals surface area contributed by atoms with Gasteiger partial charge in [-0.25, -0.2) is 0 Å². The molecule has 0 aliphatic carbocycles. The van der Waals surface area contributed by atoms with E-state index in [-0.39, 0.29) is 0 Å². The van der Waals surface area contributed by atoms with Crippen molar-refractivity contribution in [1.29, 1.82) is 0 Å². The fourth-order valence-corrected chi connectivity index (χ4v) is 2.13. The molecule has 1 unspecified atom stereocenters. The van der Waals surface area contributed by atoms with Gasteiger partial charge in [-0.3, -0.25) is 4.90 Å². The molecule has 0 radical (unpaired) electrons. The minimum atomic E-state index is 0.655. The predicted molar refractivity (Wildman–Crippen MR) is 65.8 cm³/mol. The molecule has 0 bridgehead atoms. The van der Waals surface area contributed by atoms with Gasteiger partial charge in [-0.15, -0.1) is 0 Å². The molecule has 0 saturated carbocycles. The Morgan fingerprint density at radius 1 is 1.12 bits per heavy atom. The summed E-state index contributed by atoms with van der Waals surface area (Å²) in [5, 5.41) is 3.58. The van der Waals surface area contributed by atoms with E-state index in [0.717, 1.165) is 32.8 Å². The van der Waals surface area contributed by atoms with Crippen molar-refractivity contribution >= 4 is 0 Å². The van der Waals surface area contributed by atoms with Crippen molar-refractivity contribution in [2.45, 2.75) is 25.3 Å². The maximum atomic E-state index is 5.14. The van der Waals surface area contributed by atoms with Crippen LogP contribution in [0, 0.1) is 0 Å². The zero-order valence-corrected chi connectivity index (χ0v) is 10.7. The van der Waals surface area contributed by atoms with Crippen molar-refractivity contribution in [3.63, 3.8) is 0 Å². The van der Waals surface area contributed by atoms with E-state index in [1.807, 2.05) is 0 Å². The quantitative estimate of drug-likeness (QED) is 0.666. The molecule has 1 aliphatic rings. The number of nitrogens with zero attached hydrogens (tertiary/aromatic N) is 1. The zero-order chi connectivity index (χ0) is 11.6. The molecule has 0 amide bonds. The van der Waals surface area contributed by atoms with Gasteiger partial charge in [0.05, 0.1) is 13.2 Å². The van der Waals surface area contributed by atoms with E-state index in [1.54, 1.807) is 14.2 Å². The second-order valence-electron chi connectivity index (χ2n) is 4.43. The second kappa shape index (κ2) is 8.93. The molecule has 0 spiro atoms. The van der Waals surface area contributed by atoms with Gasteiger partial charge in [0, 0.05) is 39.9 Å². The lowest BCUT2D eigenvalue weighted by atomic mass is 10.0. The average molecular weight is 230 g/mol. The van der Waals surface area contributed by atoms with Gasteiger partial charge in [-0.05, 0) is 19.4 Å². The minimum absolute atomic E-state index is 0.655. The topological polar surface area (TPSA) is 33.7 Å². The van der Waals surface area contributed by atoms with Crippen molar-refractivity contribution in [3.8, 4) is 0 Å². The van der Waals surface area contributed by atoms with E-state index in [0.29, 0.717) is 6.04 Å². The summed E-state index contributed by atoms with van der Waals surface area (Å²) < 4.78 is 10.3. The van der Waals surface area contributed by atoms with Gasteiger partial charge in [-0.1, -0.05) is 6.42 Å². The summed E-state index contributed by atoms with van der Waals surface area (Å²) >= 11 is 0. The van der Waals surface area contributed by atoms with E-state index in [4.69, 9.17) is 9.47 Å². The molecular weight excluding hydrogens is 204 g/mol. The van der Waals surface area contributed by atoms with Gasteiger partial charge in [0.25, 0.3) is 0 Å². The van der Waals surface area contributed by atoms with Crippen LogP contribution in [0.3, 0.4) is 0 Å². The first-order valence-corrected chi connectivity index (χ1v) is 6.30. The highest BCUT2D eigenvalue weighted by Gasteiger charge is 2.16. The highest BCUT2D eigenvalue weighted by atomic mass is 16.5. The van der Waals surface area contributed by atoms with Crippen molar-refractivity contribution in [3.05, 3.63) is 0 Å². The Hall–Kier alpha value is -0.160. The van der Waals surface area contributed by atoms with Crippen molar-refractivity contribution in [1.82, 2.24) is 10.2 Å². The van der Waals surface area contributed by atoms with E-state index in [2.05, 4.69) is 10.2 Å². The summed E-state index contributed by atoms with van der Waals surface area (Å²) in [7, 11) is 3.51. The van der Waals surface area contributed by atoms with Crippen LogP contribution in [0.5, 0.6) is 0 Å². The summed E-state index contributed by atoms with van der Waals surface area (Å²) in [6.07, 6.45) is 3.99. The monoisotopic (exact) mass is 230 g/mol. The maximum absolute atomic E-state index is 5.14. The predicted octanol–water partition coefficient (Wildman–Crippen LogP) is 0.723. The number of hydrogen-bond acceptors (Lipinski definition) is 4. The van der Waals surface area contributed by atoms with Gasteiger partial charge < -0.3 is 14.8 Å². The molecule has 0 aromatic heterocycles. The van der Waals surface area contributed by atoms with Gasteiger partial charge in [0.1, 0.15) is 0 Å². The molecule has 1 atom stereocenters. The zero-order valence-electron chi connectivity index (χ0n) is 10.7. The standard InChI is InChI=1S/C12H26N2O2/c1-15-9-7-14(8-10-16-2)11-12-5-3-4-6-13-12/h12-13H,3-11H2,1-2H3. The Morgan fingerprint density at radius 3 is 2.31 bits per heavy atom. The Labute approximate surface area is 99.3 Å². The SMILES string of the molecule is COCCN(CCOC)CC1CCCCN1. The van der Waals surface area contributed by atoms with Gasteiger partial charge in [0.2, 0.25) is 0 Å². The second-order valence-corrected chi connectivity index (χ2v) is 4.43. The summed E-state index contributed by atoms with van der Waals surface area (Å²) in [6, 6.07) is 0.655. The number of piperidine rings is 1. The molecule has 0 aromatic rings. The number of methoxy groups -OCH3 is 2. The Kier molecular flexibility index (Phi) is 7.76. The number of hydrogen-bond donors (Lipinski definition) is 1. The molecule has 4 nitrogen and oxygen atoms in total. The van der Waals surface area contributed by atoms with Crippen LogP contribution < -0.4 is 5.32 Å². The highest BCUT2D eigenvalue weighted by Crippen LogP contribution is 2.08. The Bertz CT molecular complexity index is 153. The molecule has 1 rings (SSSR count). The third kappa shape index (κ3) is 5.80. The van der Waals surface area contributed by atoms with E-state index >= 15 is 0 Å². The fourth-order valence-electron chi connectivity index (χ4n) is 2.13. The first-order valence-electron chi connectivity index (χ1n) is 6.30. The molecule has 0 aromatic carbocycles. The molecule has 1 saturated heterocycles. The van der Waals surface area contributed by atoms with Crippen LogP contribution >= 0.6 is 0 Å². The van der Waals surface area contributed by atoms with Gasteiger partial charge in [-0.2, -0.15) is 0 Å². The summed E-state index contributed by atoms with van der Waals surface area (Å²) in [4.78, 5) is 2.43. The summed E-state index contributed by atoms with van der Waals surface area (Å²) in [6.45, 7) is 5.89. The minimum Gasteiger partial charge on any atom is -0.383 e. The van der Waals surface area contributed by atoms with Crippen LogP contribution in [0.25, 0.3) is 0 Å². The van der Waals surface area contributed by atoms with Gasteiger partial charge in [0.15, 0.2) is 0 Å². The smallest absolute Gasteiger partial charge is 0.0589 e. The summed E-state index contributed by atoms with van der Waals surface area (Å²) in [5.74, 6) is 0. The lowest BCUT2D eigenvalue weighted by Crippen LogP contribution is -2.45. The summed E-state index contributed by atoms with van der Waals surface area (Å²) in [5.41, 5.74) is 0. The van der Waals surface area contributed by atoms with Crippen LogP contribution in [0.2, 0.25) is 0 Å². The Morgan fingerprint density at radius 2 is 1.81 bits per heavy atom. The first kappa shape index (κ1) is 13.9. The van der Waals surface area contributed by atoms with Crippen molar-refractivity contribution in [2.75, 3.05) is 53.6 Å². The first-order chi connectivity index (χ1) is 7.86. The third-order valence-corrected chi connectivity index (χ3v) is 3.11. The average Bonchev–Trinajstić information content (AvgIpc) is 2.34. The normalized spacial score (nSPS) is 21.6. The number of nitrogens with one attached hydrogen (secondary N) is 1. The fraction of sp³-hybridized carbons (Fsp3) is 1.00. The van der Waals surface area contributed by atoms with E-state index < -0.39 is 0 Å². The van der Waals surface area contributed by atoms with E-state index in [9.17, 15) is 0 Å². The van der Waals surface area contributed by atoms with Crippen molar-refractivity contribution in [2.24, 2.45) is 0 Å². The molecule has 1 heterocycles. The van der Waals surface area contributed by atoms with Crippen molar-refractivity contribution < 1.29 is 9.47 Å². The molecule has 96 valence electrons. The van der Waals surface area contributed by atoms with Crippen LogP contribution in [0.1, 0.15) is 19.3 Å². The lowest BCUT2D eigenvalue weighted by molar-refractivity contribution is 0.105. The molecule has 1 N–H and O–H groups in total. The molecular formula is C12H26N2O2. The highest BCUT2D eigenvalue weighted by molar-refractivity contribution is 4.76. The Balaban J connectivity index is 2.23. The lowest BCUT2D eigenvalue weighted by Gasteiger charge is -2.30. The molecule has 4 heteroatoms. The third-order valence-electron chi connectivity index (χ3n) is 3.11. The molecule has 1 aliphatic heterocycles. The van der Waals surface area contributed by atoms with Crippen LogP contribution in [-0.2, 0) is 9.47 Å². The molecule has 16 heavy (non-hydrogen) atoms. The van der Waals surface area contributed by atoms with Crippen LogP contribution in [0.4, 0.5) is 0 Å². The number of ether oxygens (including phenoxy) is 2. The van der Waals surface area contributed by atoms with Crippen LogP contribution in [-0.4, -0.2) is 64.6 Å². The molecule has 1 fully saturated rings. The largest absolute Gasteiger partial charge is 0.383 e. The number of rotatable bonds is 8. The van der Waals surface area contributed by atoms with E-state index in [1.165, 1.54) is 25.8 Å².